The molecule has 2 nitrogen and oxygen atoms in total. The molecule has 0 saturated carbocycles. The molecule has 0 aliphatic rings. The monoisotopic (exact) mass is 306 g/mol. The quantitative estimate of drug-likeness (QED) is 0.780. The number of anilines is 1. The van der Waals surface area contributed by atoms with E-state index in [-0.39, 0.29) is 0 Å². The fraction of sp³-hybridized carbons (Fsp3) is 0.312. The van der Waals surface area contributed by atoms with Gasteiger partial charge in [-0.2, -0.15) is 11.8 Å². The number of hydrogen-bond donors (Lipinski definition) is 1. The number of nitrogens with zero attached hydrogens (tertiary/aromatic N) is 1. The highest BCUT2D eigenvalue weighted by atomic mass is 35.5. The van der Waals surface area contributed by atoms with E-state index < -0.39 is 0 Å². The topological polar surface area (TPSA) is 24.9 Å². The van der Waals surface area contributed by atoms with Gasteiger partial charge in [0.1, 0.15) is 5.82 Å². The molecule has 1 aromatic carbocycles. The molecule has 1 heterocycles. The highest BCUT2D eigenvalue weighted by molar-refractivity contribution is 7.97. The average Bonchev–Trinajstić information content (AvgIpc) is 2.48. The summed E-state index contributed by atoms with van der Waals surface area (Å²) < 4.78 is 0. The zero-order valence-electron chi connectivity index (χ0n) is 11.6. The van der Waals surface area contributed by atoms with Crippen LogP contribution in [0.3, 0.4) is 0 Å². The fourth-order valence-electron chi connectivity index (χ4n) is 1.77. The van der Waals surface area contributed by atoms with E-state index in [1.165, 1.54) is 5.56 Å². The Morgan fingerprint density at radius 2 is 1.90 bits per heavy atom. The van der Waals surface area contributed by atoms with Gasteiger partial charge in [0, 0.05) is 23.1 Å². The normalized spacial score (nSPS) is 10.5. The van der Waals surface area contributed by atoms with Crippen molar-refractivity contribution in [3.05, 3.63) is 58.7 Å². The van der Waals surface area contributed by atoms with Crippen LogP contribution in [0.2, 0.25) is 5.02 Å². The van der Waals surface area contributed by atoms with Crippen molar-refractivity contribution < 1.29 is 0 Å². The molecule has 0 aliphatic carbocycles. The van der Waals surface area contributed by atoms with Gasteiger partial charge >= 0.3 is 0 Å². The molecule has 0 amide bonds. The van der Waals surface area contributed by atoms with Crippen LogP contribution in [0.5, 0.6) is 0 Å². The van der Waals surface area contributed by atoms with E-state index in [9.17, 15) is 0 Å². The van der Waals surface area contributed by atoms with Gasteiger partial charge in [-0.1, -0.05) is 36.7 Å². The van der Waals surface area contributed by atoms with E-state index in [1.54, 1.807) is 0 Å². The number of aromatic nitrogens is 1. The lowest BCUT2D eigenvalue weighted by Crippen LogP contribution is -2.02. The Morgan fingerprint density at radius 1 is 1.10 bits per heavy atom. The Balaban J connectivity index is 1.82. The molecular formula is C16H19ClN2S. The first-order chi connectivity index (χ1) is 9.78. The van der Waals surface area contributed by atoms with Crippen LogP contribution in [0.1, 0.15) is 24.6 Å². The van der Waals surface area contributed by atoms with Gasteiger partial charge in [0.05, 0.1) is 5.69 Å². The first-order valence-corrected chi connectivity index (χ1v) is 8.33. The van der Waals surface area contributed by atoms with E-state index in [0.717, 1.165) is 41.0 Å². The Labute approximate surface area is 130 Å². The number of nitrogens with one attached hydrogen (secondary N) is 1. The summed E-state index contributed by atoms with van der Waals surface area (Å²) in [5, 5.41) is 4.10. The second-order valence-electron chi connectivity index (χ2n) is 4.56. The summed E-state index contributed by atoms with van der Waals surface area (Å²) >= 11 is 7.74. The third-order valence-electron chi connectivity index (χ3n) is 2.79. The summed E-state index contributed by atoms with van der Waals surface area (Å²) in [4.78, 5) is 4.60. The number of rotatable bonds is 7. The smallest absolute Gasteiger partial charge is 0.126 e. The lowest BCUT2D eigenvalue weighted by atomic mass is 10.2. The lowest BCUT2D eigenvalue weighted by molar-refractivity contribution is 0.965. The Bertz CT molecular complexity index is 528. The largest absolute Gasteiger partial charge is 0.370 e. The number of thioether (sulfide) groups is 1. The van der Waals surface area contributed by atoms with E-state index in [0.29, 0.717) is 0 Å². The molecule has 0 spiro atoms. The van der Waals surface area contributed by atoms with Crippen LogP contribution in [0, 0.1) is 0 Å². The average molecular weight is 307 g/mol. The highest BCUT2D eigenvalue weighted by Crippen LogP contribution is 2.19. The van der Waals surface area contributed by atoms with E-state index >= 15 is 0 Å². The Kier molecular flexibility index (Phi) is 6.22. The summed E-state index contributed by atoms with van der Waals surface area (Å²) in [6.07, 6.45) is 1.11. The van der Waals surface area contributed by atoms with Gasteiger partial charge in [0.25, 0.3) is 0 Å². The molecule has 0 atom stereocenters. The minimum absolute atomic E-state index is 0.787. The standard InChI is InChI=1S/C16H19ClN2S/c1-2-10-18-16-5-3-4-15(19-16)12-20-11-13-6-8-14(17)9-7-13/h3-9H,2,10-12H2,1H3,(H,18,19). The van der Waals surface area contributed by atoms with Crippen molar-refractivity contribution in [3.8, 4) is 0 Å². The summed E-state index contributed by atoms with van der Waals surface area (Å²) in [6, 6.07) is 14.2. The molecule has 1 aromatic heterocycles. The predicted octanol–water partition coefficient (Wildman–Crippen LogP) is 4.99. The van der Waals surface area contributed by atoms with Gasteiger partial charge in [-0.15, -0.1) is 0 Å². The van der Waals surface area contributed by atoms with Crippen LogP contribution in [-0.2, 0) is 11.5 Å². The zero-order chi connectivity index (χ0) is 14.2. The lowest BCUT2D eigenvalue weighted by Gasteiger charge is -2.06. The number of pyridine rings is 1. The molecule has 0 bridgehead atoms. The van der Waals surface area contributed by atoms with Gasteiger partial charge in [0.15, 0.2) is 0 Å². The van der Waals surface area contributed by atoms with Crippen LogP contribution >= 0.6 is 23.4 Å². The van der Waals surface area contributed by atoms with Crippen molar-refractivity contribution >= 4 is 29.2 Å². The van der Waals surface area contributed by atoms with E-state index in [1.807, 2.05) is 30.0 Å². The number of halogens is 1. The maximum atomic E-state index is 5.88. The van der Waals surface area contributed by atoms with Crippen LogP contribution in [0.25, 0.3) is 0 Å². The van der Waals surface area contributed by atoms with Crippen molar-refractivity contribution in [1.29, 1.82) is 0 Å². The Hall–Kier alpha value is -1.19. The maximum absolute atomic E-state index is 5.88. The molecule has 20 heavy (non-hydrogen) atoms. The van der Waals surface area contributed by atoms with Crippen molar-refractivity contribution in [3.63, 3.8) is 0 Å². The highest BCUT2D eigenvalue weighted by Gasteiger charge is 1.99. The van der Waals surface area contributed by atoms with Crippen LogP contribution < -0.4 is 5.32 Å². The fourth-order valence-corrected chi connectivity index (χ4v) is 2.79. The first-order valence-electron chi connectivity index (χ1n) is 6.80. The second kappa shape index (κ2) is 8.18. The molecule has 0 aliphatic heterocycles. The maximum Gasteiger partial charge on any atom is 0.126 e. The van der Waals surface area contributed by atoms with Crippen LogP contribution in [-0.4, -0.2) is 11.5 Å². The van der Waals surface area contributed by atoms with Gasteiger partial charge in [-0.25, -0.2) is 4.98 Å². The predicted molar refractivity (Wildman–Crippen MR) is 89.5 cm³/mol. The molecule has 2 rings (SSSR count). The van der Waals surface area contributed by atoms with Crippen LogP contribution in [0.4, 0.5) is 5.82 Å². The van der Waals surface area contributed by atoms with Gasteiger partial charge < -0.3 is 5.32 Å². The Morgan fingerprint density at radius 3 is 2.65 bits per heavy atom. The van der Waals surface area contributed by atoms with Crippen molar-refractivity contribution in [2.75, 3.05) is 11.9 Å². The molecule has 2 aromatic rings. The number of hydrogen-bond acceptors (Lipinski definition) is 3. The molecule has 1 N–H and O–H groups in total. The molecular weight excluding hydrogens is 288 g/mol. The first kappa shape index (κ1) is 15.2. The van der Waals surface area contributed by atoms with Crippen LogP contribution in [0.15, 0.2) is 42.5 Å². The SMILES string of the molecule is CCCNc1cccc(CSCc2ccc(Cl)cc2)n1. The molecule has 0 radical (unpaired) electrons. The molecule has 0 fully saturated rings. The summed E-state index contributed by atoms with van der Waals surface area (Å²) in [7, 11) is 0. The zero-order valence-corrected chi connectivity index (χ0v) is 13.2. The molecule has 4 heteroatoms. The second-order valence-corrected chi connectivity index (χ2v) is 5.98. The van der Waals surface area contributed by atoms with Gasteiger partial charge in [0.2, 0.25) is 0 Å². The molecule has 106 valence electrons. The van der Waals surface area contributed by atoms with E-state index in [2.05, 4.69) is 41.5 Å². The minimum Gasteiger partial charge on any atom is -0.370 e. The van der Waals surface area contributed by atoms with Crippen molar-refractivity contribution in [1.82, 2.24) is 4.98 Å². The molecule has 0 unspecified atom stereocenters. The summed E-state index contributed by atoms with van der Waals surface area (Å²) in [5.41, 5.74) is 2.41. The third kappa shape index (κ3) is 5.06. The van der Waals surface area contributed by atoms with Gasteiger partial charge in [-0.3, -0.25) is 0 Å². The van der Waals surface area contributed by atoms with Crippen molar-refractivity contribution in [2.45, 2.75) is 24.9 Å². The summed E-state index contributed by atoms with van der Waals surface area (Å²) in [6.45, 7) is 3.12. The summed E-state index contributed by atoms with van der Waals surface area (Å²) in [5.74, 6) is 2.87. The van der Waals surface area contributed by atoms with Crippen molar-refractivity contribution in [2.24, 2.45) is 0 Å². The number of benzene rings is 1. The van der Waals surface area contributed by atoms with E-state index in [4.69, 9.17) is 11.6 Å². The molecule has 0 saturated heterocycles. The third-order valence-corrected chi connectivity index (χ3v) is 4.08. The minimum atomic E-state index is 0.787. The van der Waals surface area contributed by atoms with Gasteiger partial charge in [-0.05, 0) is 36.2 Å².